The maximum Gasteiger partial charge on any atom is 0.418 e. The highest BCUT2D eigenvalue weighted by atomic mass is 16.5. The van der Waals surface area contributed by atoms with Crippen LogP contribution in [0.3, 0.4) is 0 Å². The number of para-hydroxylation sites is 1. The number of benzene rings is 2. The van der Waals surface area contributed by atoms with Gasteiger partial charge in [0.15, 0.2) is 0 Å². The first-order chi connectivity index (χ1) is 9.75. The van der Waals surface area contributed by atoms with Crippen molar-refractivity contribution in [2.75, 3.05) is 0 Å². The van der Waals surface area contributed by atoms with E-state index in [1.807, 2.05) is 54.6 Å². The monoisotopic (exact) mass is 264 g/mol. The van der Waals surface area contributed by atoms with Gasteiger partial charge in [-0.05, 0) is 24.1 Å². The molecule has 0 saturated carbocycles. The smallest absolute Gasteiger partial charge is 0.418 e. The Kier molecular flexibility index (Phi) is 3.25. The molecule has 0 amide bonds. The highest BCUT2D eigenvalue weighted by molar-refractivity contribution is 5.92. The molecule has 0 unspecified atom stereocenters. The van der Waals surface area contributed by atoms with Crippen LogP contribution in [0.2, 0.25) is 0 Å². The van der Waals surface area contributed by atoms with Crippen LogP contribution in [0.1, 0.15) is 11.1 Å². The molecule has 3 aromatic rings. The zero-order valence-corrected chi connectivity index (χ0v) is 11.0. The van der Waals surface area contributed by atoms with Crippen LogP contribution in [-0.4, -0.2) is 10.7 Å². The summed E-state index contributed by atoms with van der Waals surface area (Å²) in [6.07, 6.45) is 1.32. The van der Waals surface area contributed by atoms with E-state index in [9.17, 15) is 4.79 Å². The third kappa shape index (κ3) is 2.30. The lowest BCUT2D eigenvalue weighted by Gasteiger charge is -2.06. The van der Waals surface area contributed by atoms with E-state index in [2.05, 4.69) is 6.92 Å². The molecule has 20 heavy (non-hydrogen) atoms. The number of carbonyl (C=O) groups is 1. The Morgan fingerprint density at radius 2 is 1.75 bits per heavy atom. The molecule has 0 aliphatic carbocycles. The van der Waals surface area contributed by atoms with Gasteiger partial charge in [0.2, 0.25) is 0 Å². The normalized spacial score (nSPS) is 10.7. The van der Waals surface area contributed by atoms with E-state index in [1.165, 1.54) is 4.57 Å². The second kappa shape index (κ2) is 5.21. The molecule has 1 heterocycles. The summed E-state index contributed by atoms with van der Waals surface area (Å²) >= 11 is 0. The summed E-state index contributed by atoms with van der Waals surface area (Å²) in [6.45, 7) is 4.20. The molecule has 2 aromatic carbocycles. The molecular weight excluding hydrogens is 250 g/mol. The molecule has 0 N–H and O–H groups in total. The number of aromatic nitrogens is 1. The maximum absolute atomic E-state index is 12.2. The van der Waals surface area contributed by atoms with E-state index in [0.717, 1.165) is 22.0 Å². The highest BCUT2D eigenvalue weighted by Gasteiger charge is 2.12. The van der Waals surface area contributed by atoms with Gasteiger partial charge in [0, 0.05) is 11.6 Å². The Balaban J connectivity index is 1.83. The van der Waals surface area contributed by atoms with Gasteiger partial charge in [-0.25, -0.2) is 4.79 Å². The molecule has 0 fully saturated rings. The predicted octanol–water partition coefficient (Wildman–Crippen LogP) is 4.01. The molecule has 3 heteroatoms. The highest BCUT2D eigenvalue weighted by Crippen LogP contribution is 2.20. The Morgan fingerprint density at radius 3 is 2.55 bits per heavy atom. The van der Waals surface area contributed by atoms with Gasteiger partial charge in [-0.2, -0.15) is 0 Å². The van der Waals surface area contributed by atoms with Gasteiger partial charge >= 0.3 is 6.09 Å². The van der Waals surface area contributed by atoms with Gasteiger partial charge in [-0.1, -0.05) is 48.5 Å². The van der Waals surface area contributed by atoms with E-state index in [4.69, 9.17) is 4.74 Å². The van der Waals surface area contributed by atoms with Crippen LogP contribution in [0.4, 0.5) is 4.79 Å². The van der Waals surface area contributed by atoms with Crippen LogP contribution in [0, 0.1) is 6.92 Å². The van der Waals surface area contributed by atoms with E-state index in [1.54, 1.807) is 6.20 Å². The number of hydrogen-bond donors (Lipinski definition) is 0. The molecule has 0 bridgehead atoms. The molecule has 99 valence electrons. The lowest BCUT2D eigenvalue weighted by Crippen LogP contribution is -2.12. The second-order valence-electron chi connectivity index (χ2n) is 4.58. The summed E-state index contributed by atoms with van der Waals surface area (Å²) in [5, 5.41) is 0.962. The number of hydrogen-bond acceptors (Lipinski definition) is 2. The second-order valence-corrected chi connectivity index (χ2v) is 4.58. The van der Waals surface area contributed by atoms with Crippen LogP contribution < -0.4 is 0 Å². The minimum Gasteiger partial charge on any atom is -0.444 e. The van der Waals surface area contributed by atoms with Gasteiger partial charge in [-0.15, -0.1) is 0 Å². The number of rotatable bonds is 2. The largest absolute Gasteiger partial charge is 0.444 e. The van der Waals surface area contributed by atoms with Crippen molar-refractivity contribution >= 4 is 17.0 Å². The quantitative estimate of drug-likeness (QED) is 0.700. The van der Waals surface area contributed by atoms with Crippen molar-refractivity contribution in [3.8, 4) is 0 Å². The molecule has 1 aromatic heterocycles. The third-order valence-electron chi connectivity index (χ3n) is 3.20. The summed E-state index contributed by atoms with van der Waals surface area (Å²) in [7, 11) is 0. The first kappa shape index (κ1) is 12.5. The van der Waals surface area contributed by atoms with Crippen molar-refractivity contribution in [1.82, 2.24) is 4.57 Å². The summed E-state index contributed by atoms with van der Waals surface area (Å²) in [6, 6.07) is 17.3. The lowest BCUT2D eigenvalue weighted by atomic mass is 10.2. The molecule has 0 spiro atoms. The molecule has 0 aliphatic heterocycles. The average Bonchev–Trinajstić information content (AvgIpc) is 2.84. The Bertz CT molecular complexity index is 744. The molecule has 3 rings (SSSR count). The van der Waals surface area contributed by atoms with Gasteiger partial charge in [0.25, 0.3) is 0 Å². The molecule has 1 radical (unpaired) electrons. The zero-order valence-electron chi connectivity index (χ0n) is 11.0. The summed E-state index contributed by atoms with van der Waals surface area (Å²) in [4.78, 5) is 12.2. The Hall–Kier alpha value is -2.55. The van der Waals surface area contributed by atoms with Crippen LogP contribution in [0.5, 0.6) is 0 Å². The summed E-state index contributed by atoms with van der Waals surface area (Å²) in [5.74, 6) is 0. The van der Waals surface area contributed by atoms with E-state index < -0.39 is 0 Å². The van der Waals surface area contributed by atoms with Crippen molar-refractivity contribution in [3.63, 3.8) is 0 Å². The van der Waals surface area contributed by atoms with Gasteiger partial charge in [0.05, 0.1) is 5.52 Å². The SMILES string of the molecule is [CH2]c1cn(C(=O)OCc2ccccc2)c2ccccc12. The van der Waals surface area contributed by atoms with Crippen molar-refractivity contribution in [3.05, 3.63) is 78.8 Å². The fourth-order valence-corrected chi connectivity index (χ4v) is 2.19. The topological polar surface area (TPSA) is 31.2 Å². The zero-order chi connectivity index (χ0) is 13.9. The fourth-order valence-electron chi connectivity index (χ4n) is 2.19. The number of ether oxygens (including phenoxy) is 1. The van der Waals surface area contributed by atoms with Crippen molar-refractivity contribution in [1.29, 1.82) is 0 Å². The molecular formula is C17H14NO2. The Labute approximate surface area is 117 Å². The molecule has 0 atom stereocenters. The van der Waals surface area contributed by atoms with Gasteiger partial charge < -0.3 is 4.74 Å². The van der Waals surface area contributed by atoms with Crippen LogP contribution >= 0.6 is 0 Å². The van der Waals surface area contributed by atoms with Crippen LogP contribution in [-0.2, 0) is 11.3 Å². The fraction of sp³-hybridized carbons (Fsp3) is 0.0588. The number of nitrogens with zero attached hydrogens (tertiary/aromatic N) is 1. The third-order valence-corrected chi connectivity index (χ3v) is 3.20. The lowest BCUT2D eigenvalue weighted by molar-refractivity contribution is 0.142. The van der Waals surface area contributed by atoms with Crippen LogP contribution in [0.25, 0.3) is 10.9 Å². The van der Waals surface area contributed by atoms with Crippen molar-refractivity contribution in [2.45, 2.75) is 6.61 Å². The summed E-state index contributed by atoms with van der Waals surface area (Å²) < 4.78 is 6.83. The van der Waals surface area contributed by atoms with Crippen molar-refractivity contribution < 1.29 is 9.53 Å². The Morgan fingerprint density at radius 1 is 1.05 bits per heavy atom. The minimum absolute atomic E-state index is 0.263. The number of carbonyl (C=O) groups excluding carboxylic acids is 1. The summed E-state index contributed by atoms with van der Waals surface area (Å²) in [5.41, 5.74) is 2.60. The van der Waals surface area contributed by atoms with E-state index in [0.29, 0.717) is 0 Å². The standard InChI is InChI=1S/C17H14NO2/c1-13-11-18(16-10-6-5-9-15(13)16)17(19)20-12-14-7-3-2-4-8-14/h2-11H,1,12H2. The molecule has 3 nitrogen and oxygen atoms in total. The number of fused-ring (bicyclic) bond motifs is 1. The van der Waals surface area contributed by atoms with Crippen LogP contribution in [0.15, 0.2) is 60.8 Å². The van der Waals surface area contributed by atoms with Gasteiger partial charge in [-0.3, -0.25) is 4.57 Å². The molecule has 0 saturated heterocycles. The maximum atomic E-state index is 12.2. The predicted molar refractivity (Wildman–Crippen MR) is 78.4 cm³/mol. The van der Waals surface area contributed by atoms with Crippen molar-refractivity contribution in [2.24, 2.45) is 0 Å². The van der Waals surface area contributed by atoms with E-state index in [-0.39, 0.29) is 12.7 Å². The van der Waals surface area contributed by atoms with Gasteiger partial charge in [0.1, 0.15) is 6.61 Å². The average molecular weight is 264 g/mol. The minimum atomic E-state index is -0.389. The molecule has 0 aliphatic rings. The first-order valence-electron chi connectivity index (χ1n) is 6.39. The first-order valence-corrected chi connectivity index (χ1v) is 6.39. The van der Waals surface area contributed by atoms with E-state index >= 15 is 0 Å².